The Kier molecular flexibility index (Phi) is 6.16. The topological polar surface area (TPSA) is 66.4 Å². The van der Waals surface area contributed by atoms with E-state index in [1.165, 1.54) is 0 Å². The van der Waals surface area contributed by atoms with Gasteiger partial charge in [-0.25, -0.2) is 0 Å². The van der Waals surface area contributed by atoms with E-state index in [1.54, 1.807) is 0 Å². The van der Waals surface area contributed by atoms with Crippen molar-refractivity contribution in [2.75, 3.05) is 6.54 Å². The lowest BCUT2D eigenvalue weighted by atomic mass is 9.79. The minimum Gasteiger partial charge on any atom is -0.481 e. The molecule has 1 amide bonds. The molecule has 4 nitrogen and oxygen atoms in total. The second-order valence-corrected chi connectivity index (χ2v) is 5.73. The Bertz CT molecular complexity index is 289. The molecule has 2 unspecified atom stereocenters. The number of carboxylic acid groups (broad SMARTS) is 1. The summed E-state index contributed by atoms with van der Waals surface area (Å²) in [6, 6.07) is 0. The van der Waals surface area contributed by atoms with Crippen LogP contribution in [0.3, 0.4) is 0 Å². The van der Waals surface area contributed by atoms with Crippen LogP contribution in [0, 0.1) is 17.8 Å². The molecule has 1 aliphatic carbocycles. The predicted octanol–water partition coefficient (Wildman–Crippen LogP) is 2.43. The second kappa shape index (κ2) is 7.39. The highest BCUT2D eigenvalue weighted by molar-refractivity contribution is 5.76. The van der Waals surface area contributed by atoms with Crippen LogP contribution in [0.2, 0.25) is 0 Å². The summed E-state index contributed by atoms with van der Waals surface area (Å²) >= 11 is 0. The third-order valence-electron chi connectivity index (χ3n) is 3.74. The van der Waals surface area contributed by atoms with Crippen molar-refractivity contribution in [3.8, 4) is 0 Å². The van der Waals surface area contributed by atoms with Crippen LogP contribution < -0.4 is 5.32 Å². The van der Waals surface area contributed by atoms with Gasteiger partial charge in [0.25, 0.3) is 0 Å². The number of carbonyl (C=O) groups excluding carboxylic acids is 1. The van der Waals surface area contributed by atoms with Crippen LogP contribution >= 0.6 is 0 Å². The molecule has 0 aromatic heterocycles. The van der Waals surface area contributed by atoms with E-state index in [9.17, 15) is 9.59 Å². The highest BCUT2D eigenvalue weighted by Crippen LogP contribution is 2.29. The Balaban J connectivity index is 2.31. The van der Waals surface area contributed by atoms with Crippen molar-refractivity contribution in [1.29, 1.82) is 0 Å². The van der Waals surface area contributed by atoms with Crippen molar-refractivity contribution < 1.29 is 14.7 Å². The van der Waals surface area contributed by atoms with Crippen LogP contribution in [0.15, 0.2) is 0 Å². The van der Waals surface area contributed by atoms with E-state index in [4.69, 9.17) is 5.11 Å². The summed E-state index contributed by atoms with van der Waals surface area (Å²) in [5.41, 5.74) is 0. The summed E-state index contributed by atoms with van der Waals surface area (Å²) < 4.78 is 0. The normalized spacial score (nSPS) is 23.9. The molecule has 0 radical (unpaired) electrons. The highest BCUT2D eigenvalue weighted by Gasteiger charge is 2.30. The molecule has 0 aromatic carbocycles. The first-order valence-electron chi connectivity index (χ1n) is 7.00. The average molecular weight is 255 g/mol. The van der Waals surface area contributed by atoms with Gasteiger partial charge < -0.3 is 10.4 Å². The Labute approximate surface area is 109 Å². The summed E-state index contributed by atoms with van der Waals surface area (Å²) in [5.74, 6) is -0.296. The van der Waals surface area contributed by atoms with E-state index in [-0.39, 0.29) is 17.7 Å². The molecule has 0 bridgehead atoms. The first-order valence-corrected chi connectivity index (χ1v) is 7.00. The molecule has 104 valence electrons. The summed E-state index contributed by atoms with van der Waals surface area (Å²) in [7, 11) is 0. The minimum atomic E-state index is -0.712. The number of aliphatic carboxylic acids is 1. The van der Waals surface area contributed by atoms with Gasteiger partial charge in [0.05, 0.1) is 5.92 Å². The smallest absolute Gasteiger partial charge is 0.306 e. The van der Waals surface area contributed by atoms with Gasteiger partial charge in [-0.2, -0.15) is 0 Å². The van der Waals surface area contributed by atoms with Crippen LogP contribution in [0.4, 0.5) is 0 Å². The molecule has 0 spiro atoms. The van der Waals surface area contributed by atoms with E-state index in [1.807, 2.05) is 0 Å². The molecule has 0 heterocycles. The molecule has 2 atom stereocenters. The number of hydrogen-bond donors (Lipinski definition) is 2. The van der Waals surface area contributed by atoms with Crippen molar-refractivity contribution in [2.24, 2.45) is 17.8 Å². The third kappa shape index (κ3) is 5.07. The van der Waals surface area contributed by atoms with Crippen molar-refractivity contribution in [3.05, 3.63) is 0 Å². The quantitative estimate of drug-likeness (QED) is 0.766. The van der Waals surface area contributed by atoms with Gasteiger partial charge in [-0.1, -0.05) is 26.7 Å². The van der Waals surface area contributed by atoms with Crippen LogP contribution in [0.1, 0.15) is 52.4 Å². The summed E-state index contributed by atoms with van der Waals surface area (Å²) in [6.45, 7) is 4.71. The number of hydrogen-bond acceptors (Lipinski definition) is 2. The molecule has 1 aliphatic rings. The second-order valence-electron chi connectivity index (χ2n) is 5.73. The average Bonchev–Trinajstić information content (AvgIpc) is 2.34. The van der Waals surface area contributed by atoms with Crippen LogP contribution in [-0.2, 0) is 9.59 Å². The number of nitrogens with one attached hydrogen (secondary N) is 1. The first kappa shape index (κ1) is 15.0. The van der Waals surface area contributed by atoms with Gasteiger partial charge in [0.1, 0.15) is 0 Å². The van der Waals surface area contributed by atoms with Crippen LogP contribution in [0.25, 0.3) is 0 Å². The largest absolute Gasteiger partial charge is 0.481 e. The van der Waals surface area contributed by atoms with Gasteiger partial charge in [0.2, 0.25) is 5.91 Å². The van der Waals surface area contributed by atoms with E-state index in [0.717, 1.165) is 32.1 Å². The molecular formula is C14H25NO3. The van der Waals surface area contributed by atoms with E-state index >= 15 is 0 Å². The summed E-state index contributed by atoms with van der Waals surface area (Å²) in [5, 5.41) is 12.0. The maximum Gasteiger partial charge on any atom is 0.306 e. The minimum absolute atomic E-state index is 0.0541. The van der Waals surface area contributed by atoms with Gasteiger partial charge in [-0.15, -0.1) is 0 Å². The van der Waals surface area contributed by atoms with Crippen LogP contribution in [0.5, 0.6) is 0 Å². The van der Waals surface area contributed by atoms with Crippen molar-refractivity contribution >= 4 is 11.9 Å². The first-order chi connectivity index (χ1) is 8.50. The number of amides is 1. The van der Waals surface area contributed by atoms with Crippen molar-refractivity contribution in [1.82, 2.24) is 5.32 Å². The number of rotatable bonds is 6. The molecule has 1 rings (SSSR count). The van der Waals surface area contributed by atoms with Gasteiger partial charge in [-0.3, -0.25) is 9.59 Å². The predicted molar refractivity (Wildman–Crippen MR) is 70.2 cm³/mol. The lowest BCUT2D eigenvalue weighted by Gasteiger charge is -2.28. The zero-order valence-corrected chi connectivity index (χ0v) is 11.4. The fourth-order valence-electron chi connectivity index (χ4n) is 2.53. The Morgan fingerprint density at radius 1 is 1.28 bits per heavy atom. The van der Waals surface area contributed by atoms with E-state index in [0.29, 0.717) is 18.9 Å². The molecule has 0 saturated heterocycles. The standard InChI is InChI=1S/C14H25NO3/c1-10(2)7-8-13(16)15-9-11-5-3-4-6-12(11)14(17)18/h10-12H,3-9H2,1-2H3,(H,15,16)(H,17,18). The Hall–Kier alpha value is -1.06. The van der Waals surface area contributed by atoms with Gasteiger partial charge >= 0.3 is 5.97 Å². The maximum atomic E-state index is 11.6. The fourth-order valence-corrected chi connectivity index (χ4v) is 2.53. The van der Waals surface area contributed by atoms with Gasteiger partial charge in [-0.05, 0) is 31.1 Å². The highest BCUT2D eigenvalue weighted by atomic mass is 16.4. The monoisotopic (exact) mass is 255 g/mol. The molecule has 4 heteroatoms. The molecule has 2 N–H and O–H groups in total. The van der Waals surface area contributed by atoms with E-state index < -0.39 is 5.97 Å². The lowest BCUT2D eigenvalue weighted by molar-refractivity contribution is -0.145. The van der Waals surface area contributed by atoms with Crippen molar-refractivity contribution in [2.45, 2.75) is 52.4 Å². The molecule has 1 fully saturated rings. The molecule has 0 aromatic rings. The molecule has 18 heavy (non-hydrogen) atoms. The van der Waals surface area contributed by atoms with Crippen molar-refractivity contribution in [3.63, 3.8) is 0 Å². The molecule has 1 saturated carbocycles. The number of carbonyl (C=O) groups is 2. The molecule has 0 aliphatic heterocycles. The fraction of sp³-hybridized carbons (Fsp3) is 0.857. The zero-order chi connectivity index (χ0) is 13.5. The Morgan fingerprint density at radius 3 is 2.56 bits per heavy atom. The molecular weight excluding hydrogens is 230 g/mol. The lowest BCUT2D eigenvalue weighted by Crippen LogP contribution is -2.37. The number of carboxylic acids is 1. The maximum absolute atomic E-state index is 11.6. The summed E-state index contributed by atoms with van der Waals surface area (Å²) in [4.78, 5) is 22.7. The Morgan fingerprint density at radius 2 is 1.94 bits per heavy atom. The van der Waals surface area contributed by atoms with Gasteiger partial charge in [0.15, 0.2) is 0 Å². The van der Waals surface area contributed by atoms with E-state index in [2.05, 4.69) is 19.2 Å². The SMILES string of the molecule is CC(C)CCC(=O)NCC1CCCCC1C(=O)O. The summed E-state index contributed by atoms with van der Waals surface area (Å²) in [6.07, 6.45) is 5.18. The third-order valence-corrected chi connectivity index (χ3v) is 3.74. The van der Waals surface area contributed by atoms with Gasteiger partial charge in [0, 0.05) is 13.0 Å². The zero-order valence-electron chi connectivity index (χ0n) is 11.4. The van der Waals surface area contributed by atoms with Crippen LogP contribution in [-0.4, -0.2) is 23.5 Å².